The van der Waals surface area contributed by atoms with E-state index in [-0.39, 0.29) is 24.0 Å². The van der Waals surface area contributed by atoms with Crippen LogP contribution in [0.2, 0.25) is 0 Å². The minimum atomic E-state index is -0.738. The van der Waals surface area contributed by atoms with E-state index in [0.717, 1.165) is 24.0 Å². The zero-order chi connectivity index (χ0) is 22.1. The molecule has 0 aliphatic carbocycles. The fourth-order valence-electron chi connectivity index (χ4n) is 4.25. The Kier molecular flexibility index (Phi) is 5.92. The molecule has 2 atom stereocenters. The highest BCUT2D eigenvalue weighted by Crippen LogP contribution is 2.40. The standard InChI is InChI=1S/C25H26FNO4/c1-15(2)16-5-7-17(8-6-16)22-21(23(28)18-9-11-19(26)12-10-18)24(29)25(30)27(22)14-20-4-3-13-31-20/h5-12,15,20,22,28H,3-4,13-14H2,1-2H3. The Labute approximate surface area is 181 Å². The van der Waals surface area contributed by atoms with Crippen molar-refractivity contribution in [2.45, 2.75) is 44.8 Å². The average Bonchev–Trinajstić information content (AvgIpc) is 3.36. The molecule has 0 saturated carbocycles. The molecule has 2 unspecified atom stereocenters. The largest absolute Gasteiger partial charge is 0.507 e. The molecular formula is C25H26FNO4. The summed E-state index contributed by atoms with van der Waals surface area (Å²) in [6.07, 6.45) is 1.60. The molecule has 31 heavy (non-hydrogen) atoms. The van der Waals surface area contributed by atoms with Crippen LogP contribution in [0.3, 0.4) is 0 Å². The number of ketones is 1. The van der Waals surface area contributed by atoms with E-state index in [1.54, 1.807) is 0 Å². The number of carbonyl (C=O) groups excluding carboxylic acids is 2. The summed E-state index contributed by atoms with van der Waals surface area (Å²) in [4.78, 5) is 27.5. The summed E-state index contributed by atoms with van der Waals surface area (Å²) in [5.41, 5.74) is 2.19. The number of amides is 1. The average molecular weight is 423 g/mol. The minimum absolute atomic E-state index is 0.0203. The molecule has 1 amide bonds. The van der Waals surface area contributed by atoms with E-state index in [2.05, 4.69) is 13.8 Å². The van der Waals surface area contributed by atoms with E-state index >= 15 is 0 Å². The highest BCUT2D eigenvalue weighted by atomic mass is 19.1. The molecular weight excluding hydrogens is 397 g/mol. The van der Waals surface area contributed by atoms with Gasteiger partial charge < -0.3 is 14.7 Å². The van der Waals surface area contributed by atoms with Crippen molar-refractivity contribution < 1.29 is 23.8 Å². The van der Waals surface area contributed by atoms with Gasteiger partial charge in [0.2, 0.25) is 0 Å². The number of carbonyl (C=O) groups is 2. The van der Waals surface area contributed by atoms with Crippen LogP contribution in [0.5, 0.6) is 0 Å². The lowest BCUT2D eigenvalue weighted by Crippen LogP contribution is -2.36. The monoisotopic (exact) mass is 423 g/mol. The Hall–Kier alpha value is -2.99. The lowest BCUT2D eigenvalue weighted by Gasteiger charge is -2.27. The maximum absolute atomic E-state index is 13.4. The molecule has 0 spiro atoms. The molecule has 2 fully saturated rings. The first-order valence-corrected chi connectivity index (χ1v) is 10.6. The first-order chi connectivity index (χ1) is 14.9. The molecule has 0 bridgehead atoms. The summed E-state index contributed by atoms with van der Waals surface area (Å²) < 4.78 is 19.1. The van der Waals surface area contributed by atoms with Crippen LogP contribution >= 0.6 is 0 Å². The van der Waals surface area contributed by atoms with Gasteiger partial charge in [0.1, 0.15) is 11.6 Å². The van der Waals surface area contributed by atoms with Gasteiger partial charge in [0.15, 0.2) is 0 Å². The third-order valence-electron chi connectivity index (χ3n) is 6.00. The normalized spacial score (nSPS) is 23.2. The number of Topliss-reactive ketones (excluding diaryl/α,β-unsaturated/α-hetero) is 1. The van der Waals surface area contributed by atoms with Gasteiger partial charge in [0, 0.05) is 18.7 Å². The van der Waals surface area contributed by atoms with Gasteiger partial charge in [-0.15, -0.1) is 0 Å². The number of rotatable bonds is 5. The van der Waals surface area contributed by atoms with Crippen LogP contribution in [0.1, 0.15) is 55.3 Å². The maximum Gasteiger partial charge on any atom is 0.295 e. The van der Waals surface area contributed by atoms with Crippen molar-refractivity contribution in [3.63, 3.8) is 0 Å². The summed E-state index contributed by atoms with van der Waals surface area (Å²) in [5.74, 6) is -1.80. The lowest BCUT2D eigenvalue weighted by atomic mass is 9.93. The molecule has 0 aromatic heterocycles. The molecule has 2 saturated heterocycles. The summed E-state index contributed by atoms with van der Waals surface area (Å²) >= 11 is 0. The molecule has 2 aliphatic heterocycles. The van der Waals surface area contributed by atoms with Gasteiger partial charge in [-0.1, -0.05) is 38.1 Å². The van der Waals surface area contributed by atoms with Gasteiger partial charge in [-0.3, -0.25) is 9.59 Å². The van der Waals surface area contributed by atoms with Crippen molar-refractivity contribution in [1.29, 1.82) is 0 Å². The number of hydrogen-bond donors (Lipinski definition) is 1. The van der Waals surface area contributed by atoms with Crippen molar-refractivity contribution in [3.8, 4) is 0 Å². The van der Waals surface area contributed by atoms with Gasteiger partial charge in [0.25, 0.3) is 11.7 Å². The highest BCUT2D eigenvalue weighted by Gasteiger charge is 2.47. The van der Waals surface area contributed by atoms with Crippen LogP contribution < -0.4 is 0 Å². The molecule has 5 nitrogen and oxygen atoms in total. The van der Waals surface area contributed by atoms with Gasteiger partial charge in [-0.2, -0.15) is 0 Å². The Balaban J connectivity index is 1.80. The molecule has 2 aromatic carbocycles. The quantitative estimate of drug-likeness (QED) is 0.435. The fourth-order valence-corrected chi connectivity index (χ4v) is 4.25. The van der Waals surface area contributed by atoms with Crippen molar-refractivity contribution >= 4 is 17.4 Å². The van der Waals surface area contributed by atoms with Crippen molar-refractivity contribution in [3.05, 3.63) is 76.6 Å². The molecule has 1 N–H and O–H groups in total. The number of likely N-dealkylation sites (tertiary alicyclic amines) is 1. The van der Waals surface area contributed by atoms with Gasteiger partial charge >= 0.3 is 0 Å². The molecule has 2 heterocycles. The minimum Gasteiger partial charge on any atom is -0.507 e. The Morgan fingerprint density at radius 3 is 2.39 bits per heavy atom. The van der Waals surface area contributed by atoms with Crippen LogP contribution in [-0.2, 0) is 14.3 Å². The van der Waals surface area contributed by atoms with Crippen molar-refractivity contribution in [2.24, 2.45) is 0 Å². The number of halogens is 1. The van der Waals surface area contributed by atoms with Crippen LogP contribution in [0.4, 0.5) is 4.39 Å². The van der Waals surface area contributed by atoms with Gasteiger partial charge in [-0.05, 0) is 54.2 Å². The Morgan fingerprint density at radius 2 is 1.81 bits per heavy atom. The first kappa shape index (κ1) is 21.2. The zero-order valence-corrected chi connectivity index (χ0v) is 17.7. The SMILES string of the molecule is CC(C)c1ccc(C2C(=C(O)c3ccc(F)cc3)C(=O)C(=O)N2CC2CCCO2)cc1. The smallest absolute Gasteiger partial charge is 0.295 e. The fraction of sp³-hybridized carbons (Fsp3) is 0.360. The summed E-state index contributed by atoms with van der Waals surface area (Å²) in [6.45, 7) is 5.10. The predicted molar refractivity (Wildman–Crippen MR) is 115 cm³/mol. The van der Waals surface area contributed by atoms with Crippen molar-refractivity contribution in [1.82, 2.24) is 4.90 Å². The Morgan fingerprint density at radius 1 is 1.13 bits per heavy atom. The number of aliphatic hydroxyl groups excluding tert-OH is 1. The predicted octanol–water partition coefficient (Wildman–Crippen LogP) is 4.55. The molecule has 162 valence electrons. The number of ether oxygens (including phenoxy) is 1. The summed E-state index contributed by atoms with van der Waals surface area (Å²) in [7, 11) is 0. The lowest BCUT2D eigenvalue weighted by molar-refractivity contribution is -0.140. The number of hydrogen-bond acceptors (Lipinski definition) is 4. The second-order valence-corrected chi connectivity index (χ2v) is 8.41. The van der Waals surface area contributed by atoms with E-state index in [1.165, 1.54) is 29.2 Å². The van der Waals surface area contributed by atoms with Crippen LogP contribution in [0, 0.1) is 5.82 Å². The highest BCUT2D eigenvalue weighted by molar-refractivity contribution is 6.46. The number of benzene rings is 2. The van der Waals surface area contributed by atoms with Gasteiger partial charge in [0.05, 0.1) is 17.7 Å². The van der Waals surface area contributed by atoms with Crippen LogP contribution in [-0.4, -0.2) is 41.0 Å². The molecule has 2 aromatic rings. The second kappa shape index (κ2) is 8.63. The topological polar surface area (TPSA) is 66.8 Å². The Bertz CT molecular complexity index is 1000. The number of aliphatic hydroxyl groups is 1. The second-order valence-electron chi connectivity index (χ2n) is 8.41. The molecule has 0 radical (unpaired) electrons. The maximum atomic E-state index is 13.4. The van der Waals surface area contributed by atoms with E-state index in [0.29, 0.717) is 18.1 Å². The van der Waals surface area contributed by atoms with E-state index in [4.69, 9.17) is 4.74 Å². The van der Waals surface area contributed by atoms with E-state index in [1.807, 2.05) is 24.3 Å². The first-order valence-electron chi connectivity index (χ1n) is 10.6. The molecule has 2 aliphatic rings. The number of nitrogens with zero attached hydrogens (tertiary/aromatic N) is 1. The zero-order valence-electron chi connectivity index (χ0n) is 17.7. The van der Waals surface area contributed by atoms with Crippen LogP contribution in [0.15, 0.2) is 54.1 Å². The molecule has 4 rings (SSSR count). The summed E-state index contributed by atoms with van der Waals surface area (Å²) in [5, 5.41) is 11.0. The van der Waals surface area contributed by atoms with Gasteiger partial charge in [-0.25, -0.2) is 4.39 Å². The van der Waals surface area contributed by atoms with E-state index in [9.17, 15) is 19.1 Å². The van der Waals surface area contributed by atoms with E-state index < -0.39 is 23.5 Å². The van der Waals surface area contributed by atoms with Crippen LogP contribution in [0.25, 0.3) is 5.76 Å². The molecule has 6 heteroatoms. The third-order valence-corrected chi connectivity index (χ3v) is 6.00. The third kappa shape index (κ3) is 4.12. The summed E-state index contributed by atoms with van der Waals surface area (Å²) in [6, 6.07) is 12.2. The van der Waals surface area contributed by atoms with Crippen molar-refractivity contribution in [2.75, 3.05) is 13.2 Å².